The van der Waals surface area contributed by atoms with Crippen LogP contribution < -0.4 is 9.47 Å². The molecule has 0 atom stereocenters. The molecule has 1 aromatic carbocycles. The van der Waals surface area contributed by atoms with Gasteiger partial charge in [-0.3, -0.25) is 5.41 Å². The molecule has 2 aliphatic rings. The second kappa shape index (κ2) is 7.34. The number of piperidine rings is 1. The highest BCUT2D eigenvalue weighted by Crippen LogP contribution is 2.30. The first-order chi connectivity index (χ1) is 12.0. The Hall–Kier alpha value is -2.23. The van der Waals surface area contributed by atoms with Gasteiger partial charge in [0.2, 0.25) is 0 Å². The molecule has 1 fully saturated rings. The fourth-order valence-corrected chi connectivity index (χ4v) is 3.36. The Kier molecular flexibility index (Phi) is 5.16. The van der Waals surface area contributed by atoms with Gasteiger partial charge in [0.15, 0.2) is 0 Å². The van der Waals surface area contributed by atoms with E-state index in [1.807, 2.05) is 32.9 Å². The largest absolute Gasteiger partial charge is 0.493 e. The Labute approximate surface area is 150 Å². The predicted octanol–water partition coefficient (Wildman–Crippen LogP) is 4.35. The fourth-order valence-electron chi connectivity index (χ4n) is 3.36. The second-order valence-electron chi connectivity index (χ2n) is 7.05. The van der Waals surface area contributed by atoms with Crippen molar-refractivity contribution in [3.8, 4) is 11.5 Å². The van der Waals surface area contributed by atoms with Crippen molar-refractivity contribution in [3.05, 3.63) is 47.1 Å². The van der Waals surface area contributed by atoms with E-state index in [0.717, 1.165) is 67.2 Å². The number of benzene rings is 1. The first kappa shape index (κ1) is 17.6. The second-order valence-corrected chi connectivity index (χ2v) is 7.05. The Morgan fingerprint density at radius 1 is 1.20 bits per heavy atom. The molecule has 0 aromatic heterocycles. The first-order valence-corrected chi connectivity index (χ1v) is 9.05. The van der Waals surface area contributed by atoms with Crippen molar-refractivity contribution in [1.82, 2.24) is 4.90 Å². The number of nitrogens with zero attached hydrogens (tertiary/aromatic N) is 1. The summed E-state index contributed by atoms with van der Waals surface area (Å²) in [6.07, 6.45) is 3.07. The smallest absolute Gasteiger partial charge is 0.123 e. The summed E-state index contributed by atoms with van der Waals surface area (Å²) in [6.45, 7) is 12.5. The molecular formula is C21H28N2O2. The predicted molar refractivity (Wildman–Crippen MR) is 102 cm³/mol. The summed E-state index contributed by atoms with van der Waals surface area (Å²) < 4.78 is 11.7. The van der Waals surface area contributed by atoms with Gasteiger partial charge in [-0.25, -0.2) is 0 Å². The van der Waals surface area contributed by atoms with E-state index in [1.54, 1.807) is 0 Å². The van der Waals surface area contributed by atoms with Gasteiger partial charge in [0.25, 0.3) is 0 Å². The third-order valence-electron chi connectivity index (χ3n) is 5.28. The molecule has 25 heavy (non-hydrogen) atoms. The van der Waals surface area contributed by atoms with Gasteiger partial charge in [-0.15, -0.1) is 0 Å². The third-order valence-corrected chi connectivity index (χ3v) is 5.28. The maximum absolute atomic E-state index is 8.46. The Morgan fingerprint density at radius 3 is 2.60 bits per heavy atom. The fraction of sp³-hybridized carbons (Fsp3) is 0.476. The van der Waals surface area contributed by atoms with Crippen LogP contribution in [0.3, 0.4) is 0 Å². The van der Waals surface area contributed by atoms with E-state index in [-0.39, 0.29) is 6.10 Å². The van der Waals surface area contributed by atoms with Crippen LogP contribution in [0.1, 0.15) is 39.2 Å². The van der Waals surface area contributed by atoms with Gasteiger partial charge < -0.3 is 14.4 Å². The third kappa shape index (κ3) is 3.89. The van der Waals surface area contributed by atoms with E-state index in [0.29, 0.717) is 5.84 Å². The molecule has 0 bridgehead atoms. The summed E-state index contributed by atoms with van der Waals surface area (Å²) >= 11 is 0. The quantitative estimate of drug-likeness (QED) is 0.503. The van der Waals surface area contributed by atoms with Crippen LogP contribution in [0.25, 0.3) is 0 Å². The normalized spacial score (nSPS) is 18.3. The molecule has 0 spiro atoms. The summed E-state index contributed by atoms with van der Waals surface area (Å²) in [5.74, 6) is 2.55. The number of likely N-dealkylation sites (tertiary alicyclic amines) is 1. The lowest BCUT2D eigenvalue weighted by Gasteiger charge is -2.34. The average Bonchev–Trinajstić information content (AvgIpc) is 3.08. The van der Waals surface area contributed by atoms with E-state index in [2.05, 4.69) is 17.5 Å². The van der Waals surface area contributed by atoms with Crippen molar-refractivity contribution < 1.29 is 9.47 Å². The maximum atomic E-state index is 8.46. The van der Waals surface area contributed by atoms with Crippen LogP contribution in [-0.2, 0) is 6.42 Å². The van der Waals surface area contributed by atoms with Gasteiger partial charge in [0.1, 0.15) is 23.4 Å². The lowest BCUT2D eigenvalue weighted by atomic mass is 10.0. The van der Waals surface area contributed by atoms with Crippen LogP contribution >= 0.6 is 0 Å². The highest BCUT2D eigenvalue weighted by Gasteiger charge is 2.24. The Morgan fingerprint density at radius 2 is 1.92 bits per heavy atom. The molecule has 2 heterocycles. The van der Waals surface area contributed by atoms with Crippen molar-refractivity contribution in [3.63, 3.8) is 0 Å². The molecule has 0 unspecified atom stereocenters. The monoisotopic (exact) mass is 340 g/mol. The Balaban J connectivity index is 1.56. The lowest BCUT2D eigenvalue weighted by molar-refractivity contribution is 0.131. The van der Waals surface area contributed by atoms with E-state index >= 15 is 0 Å². The summed E-state index contributed by atoms with van der Waals surface area (Å²) in [6, 6.07) is 6.12. The van der Waals surface area contributed by atoms with Gasteiger partial charge in [-0.05, 0) is 50.1 Å². The van der Waals surface area contributed by atoms with E-state index in [1.165, 1.54) is 5.56 Å². The van der Waals surface area contributed by atoms with E-state index < -0.39 is 0 Å². The number of hydrogen-bond donors (Lipinski definition) is 1. The molecule has 3 rings (SSSR count). The van der Waals surface area contributed by atoms with Crippen molar-refractivity contribution in [1.29, 1.82) is 5.41 Å². The summed E-state index contributed by atoms with van der Waals surface area (Å²) in [5, 5.41) is 8.46. The van der Waals surface area contributed by atoms with Crippen LogP contribution in [0.15, 0.2) is 41.5 Å². The van der Waals surface area contributed by atoms with Crippen LogP contribution in [0.5, 0.6) is 11.5 Å². The molecule has 0 amide bonds. The SMILES string of the molecule is C=C(C)/C(C)=C(/C)C(=N)N1CCC(Oc2ccc3c(c2)CCO3)CC1. The minimum Gasteiger partial charge on any atom is -0.493 e. The zero-order valence-electron chi connectivity index (χ0n) is 15.5. The molecule has 4 heteroatoms. The van der Waals surface area contributed by atoms with Crippen LogP contribution in [0.4, 0.5) is 0 Å². The summed E-state index contributed by atoms with van der Waals surface area (Å²) in [5.41, 5.74) is 4.41. The van der Waals surface area contributed by atoms with Crippen molar-refractivity contribution in [2.75, 3.05) is 19.7 Å². The standard InChI is InChI=1S/C21H28N2O2/c1-14(2)15(3)16(4)21(22)23-10-7-18(8-11-23)25-19-5-6-20-17(13-19)9-12-24-20/h5-6,13,18,22H,1,7-12H2,2-4H3/b16-15-,22-21?. The lowest BCUT2D eigenvalue weighted by Crippen LogP contribution is -2.42. The average molecular weight is 340 g/mol. The van der Waals surface area contributed by atoms with E-state index in [9.17, 15) is 0 Å². The number of amidine groups is 1. The van der Waals surface area contributed by atoms with Gasteiger partial charge in [-0.2, -0.15) is 0 Å². The van der Waals surface area contributed by atoms with Crippen LogP contribution in [0.2, 0.25) is 0 Å². The van der Waals surface area contributed by atoms with Crippen LogP contribution in [-0.4, -0.2) is 36.5 Å². The molecule has 0 saturated carbocycles. The van der Waals surface area contributed by atoms with Crippen molar-refractivity contribution in [2.24, 2.45) is 0 Å². The highest BCUT2D eigenvalue weighted by atomic mass is 16.5. The van der Waals surface area contributed by atoms with Crippen molar-refractivity contribution >= 4 is 5.84 Å². The zero-order valence-corrected chi connectivity index (χ0v) is 15.5. The topological polar surface area (TPSA) is 45.6 Å². The Bertz CT molecular complexity index is 713. The zero-order chi connectivity index (χ0) is 18.0. The number of nitrogens with one attached hydrogen (secondary N) is 1. The molecule has 4 nitrogen and oxygen atoms in total. The van der Waals surface area contributed by atoms with Crippen LogP contribution in [0, 0.1) is 5.41 Å². The molecule has 1 aromatic rings. The molecule has 1 N–H and O–H groups in total. The van der Waals surface area contributed by atoms with Gasteiger partial charge >= 0.3 is 0 Å². The van der Waals surface area contributed by atoms with Gasteiger partial charge in [-0.1, -0.05) is 12.2 Å². The number of rotatable bonds is 4. The molecular weight excluding hydrogens is 312 g/mol. The molecule has 0 radical (unpaired) electrons. The van der Waals surface area contributed by atoms with Gasteiger partial charge in [0.05, 0.1) is 6.61 Å². The molecule has 1 saturated heterocycles. The minimum atomic E-state index is 0.218. The maximum Gasteiger partial charge on any atom is 0.123 e. The molecule has 2 aliphatic heterocycles. The number of fused-ring (bicyclic) bond motifs is 1. The van der Waals surface area contributed by atoms with Gasteiger partial charge in [0, 0.05) is 37.9 Å². The summed E-state index contributed by atoms with van der Waals surface area (Å²) in [4.78, 5) is 2.15. The first-order valence-electron chi connectivity index (χ1n) is 9.05. The minimum absolute atomic E-state index is 0.218. The number of ether oxygens (including phenoxy) is 2. The number of hydrogen-bond acceptors (Lipinski definition) is 3. The molecule has 0 aliphatic carbocycles. The number of allylic oxidation sites excluding steroid dienone is 2. The summed E-state index contributed by atoms with van der Waals surface area (Å²) in [7, 11) is 0. The van der Waals surface area contributed by atoms with E-state index in [4.69, 9.17) is 14.9 Å². The van der Waals surface area contributed by atoms with Crippen molar-refractivity contribution in [2.45, 2.75) is 46.1 Å². The highest BCUT2D eigenvalue weighted by molar-refractivity contribution is 5.96. The molecule has 134 valence electrons.